The van der Waals surface area contributed by atoms with E-state index in [1.54, 1.807) is 0 Å². The van der Waals surface area contributed by atoms with Gasteiger partial charge in [-0.2, -0.15) is 0 Å². The Morgan fingerprint density at radius 3 is 2.82 bits per heavy atom. The molecule has 2 fully saturated rings. The maximum atomic E-state index is 3.54. The molecule has 2 aliphatic heterocycles. The van der Waals surface area contributed by atoms with Crippen LogP contribution in [0.15, 0.2) is 0 Å². The molecule has 0 spiro atoms. The number of nitrogens with one attached hydrogen (secondary N) is 2. The van der Waals surface area contributed by atoms with Crippen LogP contribution in [0.1, 0.15) is 13.3 Å². The summed E-state index contributed by atoms with van der Waals surface area (Å²) >= 11 is 0. The molecule has 0 saturated carbocycles. The van der Waals surface area contributed by atoms with Crippen molar-refractivity contribution in [3.8, 4) is 0 Å². The first-order valence-electron chi connectivity index (χ1n) is 4.46. The molecule has 3 unspecified atom stereocenters. The molecule has 3 nitrogen and oxygen atoms in total. The lowest BCUT2D eigenvalue weighted by Crippen LogP contribution is -2.49. The average Bonchev–Trinajstić information content (AvgIpc) is 2.27. The summed E-state index contributed by atoms with van der Waals surface area (Å²) in [4.78, 5) is 2.40. The number of likely N-dealkylation sites (N-methyl/N-ethyl adjacent to an activating group) is 1. The number of rotatable bonds is 0. The fraction of sp³-hybridized carbons (Fsp3) is 1.00. The molecule has 3 atom stereocenters. The Morgan fingerprint density at radius 1 is 1.27 bits per heavy atom. The van der Waals surface area contributed by atoms with Gasteiger partial charge in [-0.25, -0.2) is 0 Å². The SMILES string of the molecule is CC1NC2CCN(C)CC2N1. The summed E-state index contributed by atoms with van der Waals surface area (Å²) in [6.45, 7) is 4.63. The van der Waals surface area contributed by atoms with Gasteiger partial charge in [0.25, 0.3) is 0 Å². The van der Waals surface area contributed by atoms with Crippen LogP contribution in [0.3, 0.4) is 0 Å². The molecule has 2 aliphatic rings. The molecule has 0 aromatic heterocycles. The Hall–Kier alpha value is -0.120. The Morgan fingerprint density at radius 2 is 2.00 bits per heavy atom. The van der Waals surface area contributed by atoms with Gasteiger partial charge in [0.05, 0.1) is 6.17 Å². The minimum absolute atomic E-state index is 0.511. The third kappa shape index (κ3) is 1.41. The molecule has 2 heterocycles. The molecular formula is C8H17N3. The van der Waals surface area contributed by atoms with Crippen LogP contribution < -0.4 is 10.6 Å². The van der Waals surface area contributed by atoms with Crippen molar-refractivity contribution in [3.05, 3.63) is 0 Å². The van der Waals surface area contributed by atoms with Crippen LogP contribution in [0.4, 0.5) is 0 Å². The lowest BCUT2D eigenvalue weighted by molar-refractivity contribution is 0.224. The zero-order chi connectivity index (χ0) is 7.84. The van der Waals surface area contributed by atoms with E-state index in [9.17, 15) is 0 Å². The first-order chi connectivity index (χ1) is 5.25. The van der Waals surface area contributed by atoms with E-state index in [-0.39, 0.29) is 0 Å². The van der Waals surface area contributed by atoms with Gasteiger partial charge in [-0.15, -0.1) is 0 Å². The van der Waals surface area contributed by atoms with Crippen molar-refractivity contribution < 1.29 is 0 Å². The summed E-state index contributed by atoms with van der Waals surface area (Å²) < 4.78 is 0. The quantitative estimate of drug-likeness (QED) is 0.498. The van der Waals surface area contributed by atoms with Crippen LogP contribution in [-0.4, -0.2) is 43.3 Å². The molecule has 0 bridgehead atoms. The van der Waals surface area contributed by atoms with Gasteiger partial charge in [0, 0.05) is 18.6 Å². The molecule has 11 heavy (non-hydrogen) atoms. The highest BCUT2D eigenvalue weighted by atomic mass is 15.3. The Labute approximate surface area is 68.1 Å². The number of piperidine rings is 1. The lowest BCUT2D eigenvalue weighted by Gasteiger charge is -2.31. The van der Waals surface area contributed by atoms with E-state index in [0.717, 1.165) is 6.04 Å². The molecule has 0 aromatic rings. The van der Waals surface area contributed by atoms with E-state index in [0.29, 0.717) is 12.2 Å². The first kappa shape index (κ1) is 7.53. The zero-order valence-corrected chi connectivity index (χ0v) is 7.30. The lowest BCUT2D eigenvalue weighted by atomic mass is 10.0. The summed E-state index contributed by atoms with van der Waals surface area (Å²) in [5.74, 6) is 0. The third-order valence-corrected chi connectivity index (χ3v) is 2.74. The normalized spacial score (nSPS) is 45.8. The molecule has 2 rings (SSSR count). The molecule has 0 amide bonds. The fourth-order valence-electron chi connectivity index (χ4n) is 2.17. The molecule has 0 aromatic carbocycles. The largest absolute Gasteiger partial charge is 0.305 e. The molecule has 2 saturated heterocycles. The van der Waals surface area contributed by atoms with Crippen molar-refractivity contribution in [1.82, 2.24) is 15.5 Å². The van der Waals surface area contributed by atoms with Gasteiger partial charge in [-0.1, -0.05) is 0 Å². The van der Waals surface area contributed by atoms with Crippen molar-refractivity contribution >= 4 is 0 Å². The maximum absolute atomic E-state index is 3.54. The summed E-state index contributed by atoms with van der Waals surface area (Å²) in [5, 5.41) is 7.07. The van der Waals surface area contributed by atoms with Crippen LogP contribution in [0, 0.1) is 0 Å². The smallest absolute Gasteiger partial charge is 0.0548 e. The molecule has 0 aliphatic carbocycles. The number of fused-ring (bicyclic) bond motifs is 1. The van der Waals surface area contributed by atoms with E-state index >= 15 is 0 Å². The topological polar surface area (TPSA) is 27.3 Å². The van der Waals surface area contributed by atoms with Crippen LogP contribution in [0.2, 0.25) is 0 Å². The molecule has 3 heteroatoms. The van der Waals surface area contributed by atoms with E-state index in [1.807, 2.05) is 0 Å². The summed E-state index contributed by atoms with van der Waals surface area (Å²) in [6, 6.07) is 1.41. The first-order valence-corrected chi connectivity index (χ1v) is 4.46. The number of nitrogens with zero attached hydrogens (tertiary/aromatic N) is 1. The van der Waals surface area contributed by atoms with Crippen LogP contribution in [0.25, 0.3) is 0 Å². The molecular weight excluding hydrogens is 138 g/mol. The monoisotopic (exact) mass is 155 g/mol. The Balaban J connectivity index is 1.97. The van der Waals surface area contributed by atoms with E-state index in [4.69, 9.17) is 0 Å². The van der Waals surface area contributed by atoms with Crippen molar-refractivity contribution in [1.29, 1.82) is 0 Å². The predicted octanol–water partition coefficient (Wildman–Crippen LogP) is -0.402. The number of likely N-dealkylation sites (tertiary alicyclic amines) is 1. The highest BCUT2D eigenvalue weighted by Crippen LogP contribution is 2.14. The maximum Gasteiger partial charge on any atom is 0.0548 e. The Bertz CT molecular complexity index is 148. The van der Waals surface area contributed by atoms with Gasteiger partial charge in [-0.05, 0) is 26.9 Å². The highest BCUT2D eigenvalue weighted by Gasteiger charge is 2.33. The summed E-state index contributed by atoms with van der Waals surface area (Å²) in [5.41, 5.74) is 0. The average molecular weight is 155 g/mol. The second-order valence-corrected chi connectivity index (χ2v) is 3.82. The van der Waals surface area contributed by atoms with E-state index < -0.39 is 0 Å². The zero-order valence-electron chi connectivity index (χ0n) is 7.30. The second kappa shape index (κ2) is 2.73. The number of hydrogen-bond donors (Lipinski definition) is 2. The van der Waals surface area contributed by atoms with Crippen molar-refractivity contribution in [2.75, 3.05) is 20.1 Å². The fourth-order valence-corrected chi connectivity index (χ4v) is 2.17. The van der Waals surface area contributed by atoms with Gasteiger partial charge in [-0.3, -0.25) is 10.6 Å². The van der Waals surface area contributed by atoms with Gasteiger partial charge < -0.3 is 4.90 Å². The van der Waals surface area contributed by atoms with Crippen molar-refractivity contribution in [3.63, 3.8) is 0 Å². The van der Waals surface area contributed by atoms with Crippen LogP contribution >= 0.6 is 0 Å². The molecule has 64 valence electrons. The van der Waals surface area contributed by atoms with E-state index in [2.05, 4.69) is 29.5 Å². The molecule has 2 N–H and O–H groups in total. The van der Waals surface area contributed by atoms with Crippen LogP contribution in [-0.2, 0) is 0 Å². The van der Waals surface area contributed by atoms with Gasteiger partial charge >= 0.3 is 0 Å². The van der Waals surface area contributed by atoms with Crippen molar-refractivity contribution in [2.24, 2.45) is 0 Å². The standard InChI is InChI=1S/C8H17N3/c1-6-9-7-3-4-11(2)5-8(7)10-6/h6-10H,3-5H2,1-2H3. The van der Waals surface area contributed by atoms with Crippen molar-refractivity contribution in [2.45, 2.75) is 31.6 Å². The summed E-state index contributed by atoms with van der Waals surface area (Å²) in [7, 11) is 2.20. The van der Waals surface area contributed by atoms with Gasteiger partial charge in [0.15, 0.2) is 0 Å². The predicted molar refractivity (Wildman–Crippen MR) is 45.4 cm³/mol. The summed E-state index contributed by atoms with van der Waals surface area (Å²) in [6.07, 6.45) is 1.80. The minimum atomic E-state index is 0.511. The van der Waals surface area contributed by atoms with Gasteiger partial charge in [0.1, 0.15) is 0 Å². The minimum Gasteiger partial charge on any atom is -0.305 e. The van der Waals surface area contributed by atoms with Crippen LogP contribution in [0.5, 0.6) is 0 Å². The second-order valence-electron chi connectivity index (χ2n) is 3.82. The van der Waals surface area contributed by atoms with E-state index in [1.165, 1.54) is 19.5 Å². The van der Waals surface area contributed by atoms with Gasteiger partial charge in [0.2, 0.25) is 0 Å². The third-order valence-electron chi connectivity index (χ3n) is 2.74. The Kier molecular flexibility index (Phi) is 1.87. The highest BCUT2D eigenvalue weighted by molar-refractivity contribution is 4.96. The number of hydrogen-bond acceptors (Lipinski definition) is 3. The molecule has 0 radical (unpaired) electrons.